The van der Waals surface area contributed by atoms with Crippen molar-refractivity contribution < 1.29 is 24.1 Å². The molecule has 35 heavy (non-hydrogen) atoms. The maximum atomic E-state index is 11.8. The molecule has 1 aromatic heterocycles. The summed E-state index contributed by atoms with van der Waals surface area (Å²) in [6, 6.07) is 14.8. The van der Waals surface area contributed by atoms with E-state index in [1.807, 2.05) is 22.8 Å². The highest BCUT2D eigenvalue weighted by atomic mass is 32.2. The number of hydrogen-bond donors (Lipinski definition) is 1. The van der Waals surface area contributed by atoms with Crippen LogP contribution in [0, 0.1) is 6.92 Å². The van der Waals surface area contributed by atoms with Crippen molar-refractivity contribution in [3.63, 3.8) is 0 Å². The molecule has 0 bridgehead atoms. The fourth-order valence-electron chi connectivity index (χ4n) is 3.66. The molecule has 0 saturated carbocycles. The van der Waals surface area contributed by atoms with Crippen LogP contribution in [-0.2, 0) is 9.47 Å². The molecule has 1 saturated heterocycles. The number of aryl methyl sites for hydroxylation is 1. The van der Waals surface area contributed by atoms with Crippen LogP contribution in [0.5, 0.6) is 5.75 Å². The van der Waals surface area contributed by atoms with Crippen LogP contribution in [0.25, 0.3) is 5.69 Å². The van der Waals surface area contributed by atoms with E-state index in [2.05, 4.69) is 28.1 Å². The first-order valence-corrected chi connectivity index (χ1v) is 12.6. The average Bonchev–Trinajstić information content (AvgIpc) is 3.31. The summed E-state index contributed by atoms with van der Waals surface area (Å²) in [7, 11) is 0. The second-order valence-corrected chi connectivity index (χ2v) is 9.01. The van der Waals surface area contributed by atoms with Crippen LogP contribution in [0.4, 0.5) is 5.95 Å². The highest BCUT2D eigenvalue weighted by Gasteiger charge is 2.23. The minimum Gasteiger partial charge on any atom is -0.491 e. The number of hydrogen-bond acceptors (Lipinski definition) is 9. The number of carbonyl (C=O) groups is 1. The molecule has 1 aliphatic heterocycles. The summed E-state index contributed by atoms with van der Waals surface area (Å²) in [4.78, 5) is 13.9. The zero-order valence-electron chi connectivity index (χ0n) is 19.9. The number of benzene rings is 2. The van der Waals surface area contributed by atoms with Crippen LogP contribution in [-0.4, -0.2) is 77.2 Å². The predicted molar refractivity (Wildman–Crippen MR) is 134 cm³/mol. The third kappa shape index (κ3) is 6.33. The van der Waals surface area contributed by atoms with Crippen LogP contribution in [0.15, 0.2) is 53.7 Å². The van der Waals surface area contributed by atoms with Crippen molar-refractivity contribution in [1.29, 1.82) is 0 Å². The van der Waals surface area contributed by atoms with E-state index in [9.17, 15) is 9.90 Å². The minimum atomic E-state index is -0.724. The van der Waals surface area contributed by atoms with Gasteiger partial charge in [-0.1, -0.05) is 30.0 Å². The van der Waals surface area contributed by atoms with Gasteiger partial charge >= 0.3 is 5.97 Å². The summed E-state index contributed by atoms with van der Waals surface area (Å²) in [6.45, 7) is 7.07. The van der Waals surface area contributed by atoms with E-state index in [0.29, 0.717) is 42.0 Å². The number of nitrogens with zero attached hydrogens (tertiary/aromatic N) is 4. The van der Waals surface area contributed by atoms with Crippen LogP contribution in [0.1, 0.15) is 22.8 Å². The summed E-state index contributed by atoms with van der Waals surface area (Å²) >= 11 is 1.43. The SMILES string of the molecule is CCOC(=O)c1ccc(OCC(O)CSc2nnc(N3CCOCC3)n2-c2ccccc2C)cc1. The first kappa shape index (κ1) is 25.0. The van der Waals surface area contributed by atoms with Crippen molar-refractivity contribution in [1.82, 2.24) is 14.8 Å². The number of carbonyl (C=O) groups excluding carboxylic acids is 1. The van der Waals surface area contributed by atoms with Gasteiger partial charge in [0.2, 0.25) is 5.95 Å². The number of morpholine rings is 1. The molecule has 0 radical (unpaired) electrons. The largest absolute Gasteiger partial charge is 0.491 e. The fourth-order valence-corrected chi connectivity index (χ4v) is 4.51. The Balaban J connectivity index is 1.40. The van der Waals surface area contributed by atoms with Crippen molar-refractivity contribution in [2.45, 2.75) is 25.1 Å². The fraction of sp³-hybridized carbons (Fsp3) is 0.400. The number of rotatable bonds is 10. The van der Waals surface area contributed by atoms with Gasteiger partial charge in [-0.25, -0.2) is 4.79 Å². The van der Waals surface area contributed by atoms with Gasteiger partial charge in [-0.2, -0.15) is 0 Å². The molecule has 3 aromatic rings. The van der Waals surface area contributed by atoms with Crippen molar-refractivity contribution in [2.75, 3.05) is 50.2 Å². The standard InChI is InChI=1S/C25H30N4O5S/c1-3-33-23(31)19-8-10-21(11-9-19)34-16-20(30)17-35-25-27-26-24(28-12-14-32-15-13-28)29(25)22-7-5-4-6-18(22)2/h4-11,20,30H,3,12-17H2,1-2H3. The van der Waals surface area contributed by atoms with Gasteiger partial charge in [0.15, 0.2) is 5.16 Å². The average molecular weight is 499 g/mol. The van der Waals surface area contributed by atoms with Crippen molar-refractivity contribution in [2.24, 2.45) is 0 Å². The third-order valence-electron chi connectivity index (χ3n) is 5.48. The molecule has 0 spiro atoms. The number of aliphatic hydroxyl groups is 1. The third-order valence-corrected chi connectivity index (χ3v) is 6.55. The Morgan fingerprint density at radius 2 is 1.89 bits per heavy atom. The molecule has 2 heterocycles. The summed E-state index contributed by atoms with van der Waals surface area (Å²) in [5.74, 6) is 1.36. The van der Waals surface area contributed by atoms with Gasteiger partial charge < -0.3 is 24.2 Å². The molecule has 1 N–H and O–H groups in total. The smallest absolute Gasteiger partial charge is 0.338 e. The van der Waals surface area contributed by atoms with Crippen molar-refractivity contribution in [3.8, 4) is 11.4 Å². The number of esters is 1. The maximum absolute atomic E-state index is 11.8. The highest BCUT2D eigenvalue weighted by molar-refractivity contribution is 7.99. The molecular weight excluding hydrogens is 468 g/mol. The molecule has 1 fully saturated rings. The predicted octanol–water partition coefficient (Wildman–Crippen LogP) is 3.12. The van der Waals surface area contributed by atoms with Crippen LogP contribution in [0.2, 0.25) is 0 Å². The van der Waals surface area contributed by atoms with Crippen LogP contribution < -0.4 is 9.64 Å². The molecule has 10 heteroatoms. The highest BCUT2D eigenvalue weighted by Crippen LogP contribution is 2.29. The Bertz CT molecular complexity index is 1120. The maximum Gasteiger partial charge on any atom is 0.338 e. The molecule has 9 nitrogen and oxygen atoms in total. The first-order chi connectivity index (χ1) is 17.1. The zero-order valence-corrected chi connectivity index (χ0v) is 20.7. The Morgan fingerprint density at radius 1 is 1.14 bits per heavy atom. The lowest BCUT2D eigenvalue weighted by atomic mass is 10.2. The quantitative estimate of drug-likeness (QED) is 0.334. The summed E-state index contributed by atoms with van der Waals surface area (Å²) in [6.07, 6.45) is -0.724. The number of ether oxygens (including phenoxy) is 3. The van der Waals surface area contributed by atoms with Gasteiger partial charge in [0.05, 0.1) is 37.2 Å². The van der Waals surface area contributed by atoms with E-state index in [1.54, 1.807) is 31.2 Å². The second kappa shape index (κ2) is 12.1. The molecule has 4 rings (SSSR count). The van der Waals surface area contributed by atoms with E-state index in [-0.39, 0.29) is 12.6 Å². The number of para-hydroxylation sites is 1. The van der Waals surface area contributed by atoms with E-state index >= 15 is 0 Å². The molecule has 1 atom stereocenters. The van der Waals surface area contributed by atoms with Crippen molar-refractivity contribution in [3.05, 3.63) is 59.7 Å². The minimum absolute atomic E-state index is 0.112. The lowest BCUT2D eigenvalue weighted by Crippen LogP contribution is -2.38. The molecule has 2 aromatic carbocycles. The first-order valence-electron chi connectivity index (χ1n) is 11.6. The molecule has 186 valence electrons. The van der Waals surface area contributed by atoms with Crippen LogP contribution in [0.3, 0.4) is 0 Å². The number of thioether (sulfide) groups is 1. The van der Waals surface area contributed by atoms with E-state index in [0.717, 1.165) is 30.3 Å². The Kier molecular flexibility index (Phi) is 8.62. The van der Waals surface area contributed by atoms with Crippen molar-refractivity contribution >= 4 is 23.7 Å². The topological polar surface area (TPSA) is 98.9 Å². The Morgan fingerprint density at radius 3 is 2.60 bits per heavy atom. The Labute approximate surface area is 209 Å². The molecule has 0 aliphatic carbocycles. The normalized spacial score (nSPS) is 14.5. The van der Waals surface area contributed by atoms with E-state index < -0.39 is 6.10 Å². The van der Waals surface area contributed by atoms with Gasteiger partial charge in [-0.3, -0.25) is 4.57 Å². The Hall–Kier alpha value is -3.08. The van der Waals surface area contributed by atoms with Gasteiger partial charge in [0.25, 0.3) is 0 Å². The van der Waals surface area contributed by atoms with Gasteiger partial charge in [-0.15, -0.1) is 10.2 Å². The number of aromatic nitrogens is 3. The molecular formula is C25H30N4O5S. The number of anilines is 1. The summed E-state index contributed by atoms with van der Waals surface area (Å²) in [5.41, 5.74) is 2.58. The monoisotopic (exact) mass is 498 g/mol. The van der Waals surface area contributed by atoms with Gasteiger partial charge in [0.1, 0.15) is 12.4 Å². The van der Waals surface area contributed by atoms with Crippen LogP contribution >= 0.6 is 11.8 Å². The second-order valence-electron chi connectivity index (χ2n) is 8.02. The van der Waals surface area contributed by atoms with E-state index in [4.69, 9.17) is 14.2 Å². The zero-order chi connectivity index (χ0) is 24.6. The van der Waals surface area contributed by atoms with Gasteiger partial charge in [0, 0.05) is 18.8 Å². The summed E-state index contributed by atoms with van der Waals surface area (Å²) < 4.78 is 18.2. The van der Waals surface area contributed by atoms with Gasteiger partial charge in [-0.05, 0) is 49.7 Å². The molecule has 1 aliphatic rings. The molecule has 0 amide bonds. The lowest BCUT2D eigenvalue weighted by Gasteiger charge is -2.28. The summed E-state index contributed by atoms with van der Waals surface area (Å²) in [5, 5.41) is 20.2. The number of aliphatic hydroxyl groups excluding tert-OH is 1. The lowest BCUT2D eigenvalue weighted by molar-refractivity contribution is 0.0526. The molecule has 1 unspecified atom stereocenters. The van der Waals surface area contributed by atoms with E-state index in [1.165, 1.54) is 11.8 Å².